The number of carbonyl (C=O) groups excluding carboxylic acids is 2. The van der Waals surface area contributed by atoms with E-state index in [1.54, 1.807) is 12.1 Å². The molecule has 14 heavy (non-hydrogen) atoms. The van der Waals surface area contributed by atoms with E-state index in [4.69, 9.17) is 0 Å². The minimum atomic E-state index is -0.842. The van der Waals surface area contributed by atoms with Crippen molar-refractivity contribution in [1.82, 2.24) is 0 Å². The van der Waals surface area contributed by atoms with Crippen LogP contribution in [-0.4, -0.2) is 17.0 Å². The molecule has 0 aliphatic carbocycles. The topological polar surface area (TPSA) is 63.6 Å². The average Bonchev–Trinajstić information content (AvgIpc) is 2.03. The van der Waals surface area contributed by atoms with E-state index in [0.29, 0.717) is 0 Å². The van der Waals surface area contributed by atoms with Gasteiger partial charge in [0.2, 0.25) is 0 Å². The van der Waals surface area contributed by atoms with E-state index >= 15 is 0 Å². The third kappa shape index (κ3) is 3.33. The summed E-state index contributed by atoms with van der Waals surface area (Å²) < 4.78 is 4.28. The summed E-state index contributed by atoms with van der Waals surface area (Å²) >= 11 is 0. The van der Waals surface area contributed by atoms with Gasteiger partial charge < -0.3 is 9.84 Å². The Kier molecular flexibility index (Phi) is 5.15. The number of hydrogen-bond acceptors (Lipinski definition) is 4. The Morgan fingerprint density at radius 3 is 2.36 bits per heavy atom. The molecule has 0 aromatic heterocycles. The van der Waals surface area contributed by atoms with Crippen LogP contribution in [0.3, 0.4) is 0 Å². The van der Waals surface area contributed by atoms with Crippen molar-refractivity contribution < 1.29 is 41.8 Å². The molecular formula is C9H8AgO4. The van der Waals surface area contributed by atoms with Crippen molar-refractivity contribution in [3.63, 3.8) is 0 Å². The predicted molar refractivity (Wildman–Crippen MR) is 44.2 cm³/mol. The fraction of sp³-hybridized carbons (Fsp3) is 0.111. The normalized spacial score (nSPS) is 8.64. The second-order valence-corrected chi connectivity index (χ2v) is 2.40. The Labute approximate surface area is 96.4 Å². The fourth-order valence-corrected chi connectivity index (χ4v) is 0.832. The molecule has 1 N–H and O–H groups in total. The second-order valence-electron chi connectivity index (χ2n) is 2.40. The maximum absolute atomic E-state index is 11.1. The molecule has 1 aromatic rings. The zero-order chi connectivity index (χ0) is 9.84. The Balaban J connectivity index is 0.00000169. The molecule has 0 spiro atoms. The van der Waals surface area contributed by atoms with Crippen LogP contribution >= 0.6 is 0 Å². The predicted octanol–water partition coefficient (Wildman–Crippen LogP) is 1.09. The Morgan fingerprint density at radius 2 is 1.86 bits per heavy atom. The minimum absolute atomic E-state index is 0. The van der Waals surface area contributed by atoms with Crippen molar-refractivity contribution in [3.8, 4) is 5.75 Å². The van der Waals surface area contributed by atoms with Crippen molar-refractivity contribution in [2.45, 2.75) is 6.92 Å². The van der Waals surface area contributed by atoms with Crippen LogP contribution in [0.25, 0.3) is 0 Å². The van der Waals surface area contributed by atoms with Gasteiger partial charge in [-0.3, -0.25) is 4.79 Å². The Morgan fingerprint density at radius 1 is 1.29 bits per heavy atom. The number of esters is 2. The maximum Gasteiger partial charge on any atom is 0.349 e. The molecule has 0 amide bonds. The summed E-state index contributed by atoms with van der Waals surface area (Å²) in [5.41, 5.74) is -0.0160. The van der Waals surface area contributed by atoms with Crippen molar-refractivity contribution in [1.29, 1.82) is 0 Å². The molecule has 5 heteroatoms. The molecule has 0 atom stereocenters. The van der Waals surface area contributed by atoms with Gasteiger partial charge in [0.15, 0.2) is 0 Å². The number of para-hydroxylation sites is 1. The minimum Gasteiger partial charge on any atom is -0.507 e. The molecule has 0 heterocycles. The number of rotatable bonds is 1. The Bertz CT molecular complexity index is 348. The zero-order valence-corrected chi connectivity index (χ0v) is 8.77. The van der Waals surface area contributed by atoms with Gasteiger partial charge in [-0.05, 0) is 12.1 Å². The van der Waals surface area contributed by atoms with Crippen LogP contribution in [0.2, 0.25) is 0 Å². The first-order valence-electron chi connectivity index (χ1n) is 3.62. The first-order chi connectivity index (χ1) is 6.11. The third-order valence-electron chi connectivity index (χ3n) is 1.36. The van der Waals surface area contributed by atoms with Crippen LogP contribution in [0.1, 0.15) is 17.3 Å². The van der Waals surface area contributed by atoms with Gasteiger partial charge in [-0.15, -0.1) is 0 Å². The molecule has 0 bridgehead atoms. The van der Waals surface area contributed by atoms with E-state index in [1.807, 2.05) is 0 Å². The van der Waals surface area contributed by atoms with E-state index in [-0.39, 0.29) is 33.7 Å². The van der Waals surface area contributed by atoms with Crippen molar-refractivity contribution in [2.24, 2.45) is 0 Å². The van der Waals surface area contributed by atoms with Gasteiger partial charge in [0, 0.05) is 29.3 Å². The number of hydrogen-bond donors (Lipinski definition) is 1. The molecule has 79 valence electrons. The van der Waals surface area contributed by atoms with Crippen LogP contribution in [0.5, 0.6) is 5.75 Å². The number of phenols is 1. The average molecular weight is 288 g/mol. The molecule has 0 saturated heterocycles. The summed E-state index contributed by atoms with van der Waals surface area (Å²) in [6, 6.07) is 5.85. The summed E-state index contributed by atoms with van der Waals surface area (Å²) in [4.78, 5) is 21.5. The summed E-state index contributed by atoms with van der Waals surface area (Å²) in [5, 5.41) is 9.18. The van der Waals surface area contributed by atoms with Crippen molar-refractivity contribution in [3.05, 3.63) is 29.8 Å². The molecule has 0 aliphatic rings. The molecule has 0 saturated carbocycles. The second kappa shape index (κ2) is 5.59. The number of phenolic OH excluding ortho intramolecular Hbond substituents is 1. The van der Waals surface area contributed by atoms with Crippen LogP contribution < -0.4 is 0 Å². The summed E-state index contributed by atoms with van der Waals surface area (Å²) in [6.45, 7) is 1.12. The molecule has 0 fully saturated rings. The van der Waals surface area contributed by atoms with E-state index in [2.05, 4.69) is 4.74 Å². The van der Waals surface area contributed by atoms with E-state index < -0.39 is 11.9 Å². The van der Waals surface area contributed by atoms with E-state index in [1.165, 1.54) is 12.1 Å². The summed E-state index contributed by atoms with van der Waals surface area (Å²) in [7, 11) is 0. The molecule has 0 unspecified atom stereocenters. The fourth-order valence-electron chi connectivity index (χ4n) is 0.832. The van der Waals surface area contributed by atoms with Crippen LogP contribution in [0.15, 0.2) is 24.3 Å². The SMILES string of the molecule is CC(=O)OC(=O)c1ccccc1O.[Ag]. The molecular weight excluding hydrogens is 280 g/mol. The van der Waals surface area contributed by atoms with Gasteiger partial charge in [0.1, 0.15) is 11.3 Å². The van der Waals surface area contributed by atoms with Crippen molar-refractivity contribution >= 4 is 11.9 Å². The third-order valence-corrected chi connectivity index (χ3v) is 1.36. The molecule has 0 aliphatic heterocycles. The van der Waals surface area contributed by atoms with Gasteiger partial charge in [0.25, 0.3) is 0 Å². The first-order valence-corrected chi connectivity index (χ1v) is 3.62. The monoisotopic (exact) mass is 287 g/mol. The van der Waals surface area contributed by atoms with Gasteiger partial charge in [0.05, 0.1) is 0 Å². The van der Waals surface area contributed by atoms with Crippen LogP contribution in [-0.2, 0) is 31.9 Å². The largest absolute Gasteiger partial charge is 0.507 e. The van der Waals surface area contributed by atoms with Gasteiger partial charge in [-0.25, -0.2) is 4.79 Å². The van der Waals surface area contributed by atoms with Gasteiger partial charge >= 0.3 is 11.9 Å². The number of ether oxygens (including phenoxy) is 1. The van der Waals surface area contributed by atoms with Gasteiger partial charge in [-0.1, -0.05) is 12.1 Å². The van der Waals surface area contributed by atoms with Gasteiger partial charge in [-0.2, -0.15) is 0 Å². The quantitative estimate of drug-likeness (QED) is 0.477. The van der Waals surface area contributed by atoms with E-state index in [9.17, 15) is 14.7 Å². The standard InChI is InChI=1S/C9H8O4.Ag/c1-6(10)13-9(12)7-4-2-3-5-8(7)11;/h2-5,11H,1H3;. The van der Waals surface area contributed by atoms with Crippen molar-refractivity contribution in [2.75, 3.05) is 0 Å². The molecule has 1 radical (unpaired) electrons. The number of benzene rings is 1. The molecule has 1 aromatic carbocycles. The zero-order valence-electron chi connectivity index (χ0n) is 7.28. The van der Waals surface area contributed by atoms with Crippen LogP contribution in [0.4, 0.5) is 0 Å². The summed E-state index contributed by atoms with van der Waals surface area (Å²) in [5.74, 6) is -1.74. The Hall–Kier alpha value is -1.10. The summed E-state index contributed by atoms with van der Waals surface area (Å²) in [6.07, 6.45) is 0. The maximum atomic E-state index is 11.1. The van der Waals surface area contributed by atoms with Crippen LogP contribution in [0, 0.1) is 0 Å². The van der Waals surface area contributed by atoms with E-state index in [0.717, 1.165) is 6.92 Å². The molecule has 4 nitrogen and oxygen atoms in total. The smallest absolute Gasteiger partial charge is 0.349 e. The number of aromatic hydroxyl groups is 1. The first kappa shape index (κ1) is 12.9. The number of carbonyl (C=O) groups is 2. The molecule has 1 rings (SSSR count).